The van der Waals surface area contributed by atoms with Gasteiger partial charge in [0, 0.05) is 18.2 Å². The lowest BCUT2D eigenvalue weighted by molar-refractivity contribution is 0.270. The third kappa shape index (κ3) is 3.54. The molecule has 1 heterocycles. The van der Waals surface area contributed by atoms with Crippen LogP contribution in [0.3, 0.4) is 0 Å². The fourth-order valence-electron chi connectivity index (χ4n) is 1.97. The van der Waals surface area contributed by atoms with Crippen LogP contribution in [0.25, 0.3) is 0 Å². The first kappa shape index (κ1) is 13.1. The molecule has 1 N–H and O–H groups in total. The molecule has 1 aromatic heterocycles. The summed E-state index contributed by atoms with van der Waals surface area (Å²) in [5.74, 6) is 2.47. The minimum Gasteiger partial charge on any atom is -0.497 e. The van der Waals surface area contributed by atoms with Crippen LogP contribution >= 0.6 is 0 Å². The molecule has 1 aliphatic carbocycles. The smallest absolute Gasteiger partial charge is 0.146 e. The SMILES string of the molecule is COc1ccc(OCc2cc(CNC3CC3)co2)cc1. The molecule has 0 radical (unpaired) electrons. The van der Waals surface area contributed by atoms with E-state index >= 15 is 0 Å². The Balaban J connectivity index is 1.49. The standard InChI is InChI=1S/C16H19NO3/c1-18-14-4-6-15(7-5-14)20-11-16-8-12(10-19-16)9-17-13-2-3-13/h4-8,10,13,17H,2-3,9,11H2,1H3. The van der Waals surface area contributed by atoms with Crippen LogP contribution in [0, 0.1) is 0 Å². The summed E-state index contributed by atoms with van der Waals surface area (Å²) in [6.07, 6.45) is 4.39. The molecule has 0 saturated heterocycles. The van der Waals surface area contributed by atoms with Crippen molar-refractivity contribution in [1.82, 2.24) is 5.32 Å². The lowest BCUT2D eigenvalue weighted by Gasteiger charge is -2.05. The molecule has 0 bridgehead atoms. The van der Waals surface area contributed by atoms with Crippen LogP contribution in [0.5, 0.6) is 11.5 Å². The molecule has 0 amide bonds. The van der Waals surface area contributed by atoms with Crippen molar-refractivity contribution in [3.63, 3.8) is 0 Å². The fraction of sp³-hybridized carbons (Fsp3) is 0.375. The maximum absolute atomic E-state index is 5.67. The van der Waals surface area contributed by atoms with Crippen molar-refractivity contribution in [2.75, 3.05) is 7.11 Å². The Morgan fingerprint density at radius 1 is 1.20 bits per heavy atom. The van der Waals surface area contributed by atoms with Crippen LogP contribution < -0.4 is 14.8 Å². The van der Waals surface area contributed by atoms with Gasteiger partial charge in [-0.15, -0.1) is 0 Å². The summed E-state index contributed by atoms with van der Waals surface area (Å²) in [6, 6.07) is 10.3. The summed E-state index contributed by atoms with van der Waals surface area (Å²) in [4.78, 5) is 0. The van der Waals surface area contributed by atoms with Crippen LogP contribution in [0.15, 0.2) is 41.0 Å². The molecule has 20 heavy (non-hydrogen) atoms. The Morgan fingerprint density at radius 2 is 1.95 bits per heavy atom. The molecule has 2 aromatic rings. The van der Waals surface area contributed by atoms with Gasteiger partial charge in [0.15, 0.2) is 0 Å². The van der Waals surface area contributed by atoms with Gasteiger partial charge in [0.1, 0.15) is 23.9 Å². The third-order valence-electron chi connectivity index (χ3n) is 3.32. The molecule has 1 fully saturated rings. The third-order valence-corrected chi connectivity index (χ3v) is 3.32. The quantitative estimate of drug-likeness (QED) is 0.841. The monoisotopic (exact) mass is 273 g/mol. The molecule has 4 heteroatoms. The second kappa shape index (κ2) is 6.01. The van der Waals surface area contributed by atoms with E-state index in [1.54, 1.807) is 13.4 Å². The Bertz CT molecular complexity index is 543. The summed E-state index contributed by atoms with van der Waals surface area (Å²) in [5.41, 5.74) is 1.17. The minimum atomic E-state index is 0.440. The van der Waals surface area contributed by atoms with Crippen molar-refractivity contribution in [2.24, 2.45) is 0 Å². The van der Waals surface area contributed by atoms with Gasteiger partial charge in [-0.2, -0.15) is 0 Å². The Kier molecular flexibility index (Phi) is 3.92. The molecule has 0 spiro atoms. The number of nitrogens with one attached hydrogen (secondary N) is 1. The van der Waals surface area contributed by atoms with E-state index in [-0.39, 0.29) is 0 Å². The topological polar surface area (TPSA) is 43.6 Å². The molecular formula is C16H19NO3. The highest BCUT2D eigenvalue weighted by molar-refractivity contribution is 5.31. The van der Waals surface area contributed by atoms with Gasteiger partial charge in [-0.3, -0.25) is 0 Å². The largest absolute Gasteiger partial charge is 0.497 e. The van der Waals surface area contributed by atoms with Gasteiger partial charge in [-0.05, 0) is 43.2 Å². The average molecular weight is 273 g/mol. The van der Waals surface area contributed by atoms with Gasteiger partial charge < -0.3 is 19.2 Å². The molecule has 0 atom stereocenters. The highest BCUT2D eigenvalue weighted by Crippen LogP contribution is 2.21. The number of ether oxygens (including phenoxy) is 2. The van der Waals surface area contributed by atoms with Crippen molar-refractivity contribution < 1.29 is 13.9 Å². The van der Waals surface area contributed by atoms with E-state index in [0.29, 0.717) is 12.6 Å². The molecule has 3 rings (SSSR count). The van der Waals surface area contributed by atoms with Crippen LogP contribution in [0.4, 0.5) is 0 Å². The molecule has 106 valence electrons. The first-order valence-corrected chi connectivity index (χ1v) is 6.90. The normalized spacial score (nSPS) is 14.2. The predicted octanol–water partition coefficient (Wildman–Crippen LogP) is 3.12. The maximum atomic E-state index is 5.67. The zero-order valence-electron chi connectivity index (χ0n) is 11.6. The van der Waals surface area contributed by atoms with Crippen molar-refractivity contribution in [1.29, 1.82) is 0 Å². The van der Waals surface area contributed by atoms with E-state index in [1.807, 2.05) is 30.3 Å². The lowest BCUT2D eigenvalue weighted by atomic mass is 10.3. The lowest BCUT2D eigenvalue weighted by Crippen LogP contribution is -2.14. The van der Waals surface area contributed by atoms with Gasteiger partial charge in [-0.1, -0.05) is 0 Å². The van der Waals surface area contributed by atoms with Gasteiger partial charge in [0.2, 0.25) is 0 Å². The molecule has 1 saturated carbocycles. The van der Waals surface area contributed by atoms with Gasteiger partial charge >= 0.3 is 0 Å². The second-order valence-corrected chi connectivity index (χ2v) is 5.04. The van der Waals surface area contributed by atoms with Crippen molar-refractivity contribution in [3.8, 4) is 11.5 Å². The number of hydrogen-bond acceptors (Lipinski definition) is 4. The summed E-state index contributed by atoms with van der Waals surface area (Å²) < 4.78 is 16.3. The van der Waals surface area contributed by atoms with E-state index in [9.17, 15) is 0 Å². The van der Waals surface area contributed by atoms with E-state index in [0.717, 1.165) is 23.8 Å². The number of benzene rings is 1. The summed E-state index contributed by atoms with van der Waals surface area (Å²) in [5, 5.41) is 3.46. The highest BCUT2D eigenvalue weighted by atomic mass is 16.5. The number of furan rings is 1. The van der Waals surface area contributed by atoms with E-state index < -0.39 is 0 Å². The molecule has 0 aliphatic heterocycles. The zero-order chi connectivity index (χ0) is 13.8. The second-order valence-electron chi connectivity index (χ2n) is 5.04. The molecular weight excluding hydrogens is 254 g/mol. The first-order valence-electron chi connectivity index (χ1n) is 6.90. The van der Waals surface area contributed by atoms with Gasteiger partial charge in [0.05, 0.1) is 13.4 Å². The van der Waals surface area contributed by atoms with E-state index in [1.165, 1.54) is 18.4 Å². The fourth-order valence-corrected chi connectivity index (χ4v) is 1.97. The Hall–Kier alpha value is -1.94. The van der Waals surface area contributed by atoms with Crippen LogP contribution in [0.1, 0.15) is 24.2 Å². The summed E-state index contributed by atoms with van der Waals surface area (Å²) in [7, 11) is 1.65. The Morgan fingerprint density at radius 3 is 2.65 bits per heavy atom. The number of methoxy groups -OCH3 is 1. The minimum absolute atomic E-state index is 0.440. The first-order chi connectivity index (χ1) is 9.83. The van der Waals surface area contributed by atoms with Crippen molar-refractivity contribution >= 4 is 0 Å². The molecule has 0 unspecified atom stereocenters. The predicted molar refractivity (Wildman–Crippen MR) is 75.9 cm³/mol. The Labute approximate surface area is 118 Å². The van der Waals surface area contributed by atoms with Crippen molar-refractivity contribution in [3.05, 3.63) is 47.9 Å². The summed E-state index contributed by atoms with van der Waals surface area (Å²) in [6.45, 7) is 1.31. The van der Waals surface area contributed by atoms with E-state index in [2.05, 4.69) is 5.32 Å². The van der Waals surface area contributed by atoms with Gasteiger partial charge in [-0.25, -0.2) is 0 Å². The van der Waals surface area contributed by atoms with Crippen molar-refractivity contribution in [2.45, 2.75) is 32.0 Å². The molecule has 4 nitrogen and oxygen atoms in total. The molecule has 1 aromatic carbocycles. The average Bonchev–Trinajstić information content (AvgIpc) is 3.22. The summed E-state index contributed by atoms with van der Waals surface area (Å²) >= 11 is 0. The van der Waals surface area contributed by atoms with Crippen LogP contribution in [-0.2, 0) is 13.2 Å². The van der Waals surface area contributed by atoms with E-state index in [4.69, 9.17) is 13.9 Å². The number of rotatable bonds is 7. The zero-order valence-corrected chi connectivity index (χ0v) is 11.6. The number of hydrogen-bond donors (Lipinski definition) is 1. The highest BCUT2D eigenvalue weighted by Gasteiger charge is 2.20. The maximum Gasteiger partial charge on any atom is 0.146 e. The van der Waals surface area contributed by atoms with Crippen LogP contribution in [-0.4, -0.2) is 13.2 Å². The van der Waals surface area contributed by atoms with Gasteiger partial charge in [0.25, 0.3) is 0 Å². The molecule has 1 aliphatic rings. The van der Waals surface area contributed by atoms with Crippen LogP contribution in [0.2, 0.25) is 0 Å².